The largest absolute Gasteiger partial charge is 0.381 e. The smallest absolute Gasteiger partial charge is 0.0621 e. The summed E-state index contributed by atoms with van der Waals surface area (Å²) in [5.41, 5.74) is 2.17. The minimum atomic E-state index is 0.414. The van der Waals surface area contributed by atoms with Crippen molar-refractivity contribution in [2.45, 2.75) is 32.4 Å². The predicted octanol–water partition coefficient (Wildman–Crippen LogP) is 1.57. The van der Waals surface area contributed by atoms with Gasteiger partial charge in [0.15, 0.2) is 0 Å². The van der Waals surface area contributed by atoms with Crippen LogP contribution in [0.1, 0.15) is 19.0 Å². The van der Waals surface area contributed by atoms with Gasteiger partial charge in [-0.2, -0.15) is 0 Å². The van der Waals surface area contributed by atoms with Crippen molar-refractivity contribution in [1.29, 1.82) is 0 Å². The summed E-state index contributed by atoms with van der Waals surface area (Å²) in [6, 6.07) is 4.91. The fraction of sp³-hybridized carbons (Fsp3) is 0.615. The van der Waals surface area contributed by atoms with Crippen LogP contribution in [0.15, 0.2) is 18.3 Å². The van der Waals surface area contributed by atoms with E-state index in [0.29, 0.717) is 12.1 Å². The summed E-state index contributed by atoms with van der Waals surface area (Å²) in [5, 5.41) is 6.97. The van der Waals surface area contributed by atoms with Crippen LogP contribution in [0.25, 0.3) is 0 Å². The van der Waals surface area contributed by atoms with Gasteiger partial charge in [-0.15, -0.1) is 0 Å². The van der Waals surface area contributed by atoms with Crippen LogP contribution in [-0.4, -0.2) is 36.8 Å². The number of hydrogen-bond acceptors (Lipinski definition) is 4. The van der Waals surface area contributed by atoms with Crippen molar-refractivity contribution in [1.82, 2.24) is 10.3 Å². The summed E-state index contributed by atoms with van der Waals surface area (Å²) < 4.78 is 5.45. The van der Waals surface area contributed by atoms with Gasteiger partial charge in [0, 0.05) is 24.8 Å². The zero-order valence-electron chi connectivity index (χ0n) is 10.6. The molecule has 1 fully saturated rings. The maximum absolute atomic E-state index is 5.45. The third-order valence-electron chi connectivity index (χ3n) is 3.05. The molecule has 1 aliphatic heterocycles. The van der Waals surface area contributed by atoms with Crippen molar-refractivity contribution >= 4 is 5.69 Å². The Kier molecular flexibility index (Phi) is 4.34. The first kappa shape index (κ1) is 12.3. The van der Waals surface area contributed by atoms with Crippen LogP contribution in [0, 0.1) is 6.92 Å². The highest BCUT2D eigenvalue weighted by Gasteiger charge is 2.16. The van der Waals surface area contributed by atoms with E-state index in [1.165, 1.54) is 0 Å². The van der Waals surface area contributed by atoms with Crippen LogP contribution < -0.4 is 10.6 Å². The zero-order valence-corrected chi connectivity index (χ0v) is 10.6. The summed E-state index contributed by atoms with van der Waals surface area (Å²) >= 11 is 0. The van der Waals surface area contributed by atoms with Crippen LogP contribution in [0.4, 0.5) is 5.69 Å². The van der Waals surface area contributed by atoms with Gasteiger partial charge in [-0.1, -0.05) is 0 Å². The Bertz CT molecular complexity index is 350. The number of anilines is 1. The molecule has 0 amide bonds. The molecular formula is C13H21N3O. The Morgan fingerprint density at radius 3 is 3.24 bits per heavy atom. The summed E-state index contributed by atoms with van der Waals surface area (Å²) in [4.78, 5) is 4.28. The number of hydrogen-bond donors (Lipinski definition) is 2. The molecule has 94 valence electrons. The number of aryl methyl sites for hydroxylation is 1. The van der Waals surface area contributed by atoms with Crippen molar-refractivity contribution in [3.63, 3.8) is 0 Å². The molecule has 4 heteroatoms. The molecule has 2 N–H and O–H groups in total. The van der Waals surface area contributed by atoms with Crippen molar-refractivity contribution in [3.05, 3.63) is 24.0 Å². The summed E-state index contributed by atoms with van der Waals surface area (Å²) in [6.07, 6.45) is 2.88. The molecule has 17 heavy (non-hydrogen) atoms. The highest BCUT2D eigenvalue weighted by molar-refractivity contribution is 5.47. The Morgan fingerprint density at radius 2 is 2.53 bits per heavy atom. The monoisotopic (exact) mass is 235 g/mol. The van der Waals surface area contributed by atoms with Gasteiger partial charge in [0.05, 0.1) is 24.6 Å². The second-order valence-electron chi connectivity index (χ2n) is 4.64. The third kappa shape index (κ3) is 3.68. The van der Waals surface area contributed by atoms with E-state index in [9.17, 15) is 0 Å². The van der Waals surface area contributed by atoms with Gasteiger partial charge in [0.25, 0.3) is 0 Å². The molecule has 0 bridgehead atoms. The van der Waals surface area contributed by atoms with Gasteiger partial charge in [-0.3, -0.25) is 4.98 Å². The normalized spacial score (nSPS) is 22.1. The van der Waals surface area contributed by atoms with E-state index in [2.05, 4.69) is 28.6 Å². The molecule has 1 aromatic heterocycles. The predicted molar refractivity (Wildman–Crippen MR) is 69.3 cm³/mol. The van der Waals surface area contributed by atoms with Gasteiger partial charge in [0.2, 0.25) is 0 Å². The molecule has 0 saturated carbocycles. The van der Waals surface area contributed by atoms with Gasteiger partial charge in [0.1, 0.15) is 0 Å². The lowest BCUT2D eigenvalue weighted by Gasteiger charge is -2.27. The molecule has 2 heterocycles. The minimum Gasteiger partial charge on any atom is -0.381 e. The molecule has 0 aromatic carbocycles. The molecule has 2 rings (SSSR count). The van der Waals surface area contributed by atoms with E-state index in [0.717, 1.165) is 37.6 Å². The van der Waals surface area contributed by atoms with Gasteiger partial charge in [-0.05, 0) is 32.4 Å². The number of pyridine rings is 1. The SMILES string of the molecule is Cc1ncccc1NC(C)CC1COCCN1. The van der Waals surface area contributed by atoms with Gasteiger partial charge >= 0.3 is 0 Å². The number of nitrogens with zero attached hydrogens (tertiary/aromatic N) is 1. The van der Waals surface area contributed by atoms with Crippen LogP contribution in [0.5, 0.6) is 0 Å². The molecule has 0 aliphatic carbocycles. The first-order valence-corrected chi connectivity index (χ1v) is 6.25. The lowest BCUT2D eigenvalue weighted by molar-refractivity contribution is 0.0731. The first-order valence-electron chi connectivity index (χ1n) is 6.25. The third-order valence-corrected chi connectivity index (χ3v) is 3.05. The second-order valence-corrected chi connectivity index (χ2v) is 4.64. The van der Waals surface area contributed by atoms with E-state index in [-0.39, 0.29) is 0 Å². The van der Waals surface area contributed by atoms with Crippen LogP contribution >= 0.6 is 0 Å². The highest BCUT2D eigenvalue weighted by atomic mass is 16.5. The molecule has 1 aliphatic rings. The lowest BCUT2D eigenvalue weighted by atomic mass is 10.1. The van der Waals surface area contributed by atoms with E-state index >= 15 is 0 Å². The molecule has 1 aromatic rings. The van der Waals surface area contributed by atoms with E-state index in [1.807, 2.05) is 19.2 Å². The number of nitrogens with one attached hydrogen (secondary N) is 2. The van der Waals surface area contributed by atoms with Crippen molar-refractivity contribution in [3.8, 4) is 0 Å². The fourth-order valence-corrected chi connectivity index (χ4v) is 2.16. The molecule has 0 spiro atoms. The Hall–Kier alpha value is -1.13. The summed E-state index contributed by atoms with van der Waals surface area (Å²) in [6.45, 7) is 6.83. The van der Waals surface area contributed by atoms with Gasteiger partial charge in [-0.25, -0.2) is 0 Å². The average Bonchev–Trinajstić information content (AvgIpc) is 2.33. The molecule has 2 atom stereocenters. The molecule has 0 radical (unpaired) electrons. The lowest BCUT2D eigenvalue weighted by Crippen LogP contribution is -2.43. The quantitative estimate of drug-likeness (QED) is 0.831. The summed E-state index contributed by atoms with van der Waals surface area (Å²) in [5.74, 6) is 0. The van der Waals surface area contributed by atoms with Crippen LogP contribution in [0.2, 0.25) is 0 Å². The second kappa shape index (κ2) is 5.98. The zero-order chi connectivity index (χ0) is 12.1. The topological polar surface area (TPSA) is 46.2 Å². The Morgan fingerprint density at radius 1 is 1.65 bits per heavy atom. The summed E-state index contributed by atoms with van der Waals surface area (Å²) in [7, 11) is 0. The minimum absolute atomic E-state index is 0.414. The molecular weight excluding hydrogens is 214 g/mol. The van der Waals surface area contributed by atoms with Crippen LogP contribution in [-0.2, 0) is 4.74 Å². The van der Waals surface area contributed by atoms with E-state index < -0.39 is 0 Å². The van der Waals surface area contributed by atoms with Crippen molar-refractivity contribution < 1.29 is 4.74 Å². The number of aromatic nitrogens is 1. The van der Waals surface area contributed by atoms with E-state index in [4.69, 9.17) is 4.74 Å². The Labute approximate surface area is 103 Å². The Balaban J connectivity index is 1.84. The van der Waals surface area contributed by atoms with Crippen LogP contribution in [0.3, 0.4) is 0 Å². The average molecular weight is 235 g/mol. The molecule has 2 unspecified atom stereocenters. The van der Waals surface area contributed by atoms with Crippen molar-refractivity contribution in [2.75, 3.05) is 25.1 Å². The number of morpholine rings is 1. The fourth-order valence-electron chi connectivity index (χ4n) is 2.16. The van der Waals surface area contributed by atoms with Crippen molar-refractivity contribution in [2.24, 2.45) is 0 Å². The number of ether oxygens (including phenoxy) is 1. The number of rotatable bonds is 4. The maximum Gasteiger partial charge on any atom is 0.0621 e. The molecule has 4 nitrogen and oxygen atoms in total. The first-order chi connectivity index (χ1) is 8.25. The molecule has 1 saturated heterocycles. The standard InChI is InChI=1S/C13H21N3O/c1-10(8-12-9-17-7-6-15-12)16-13-4-3-5-14-11(13)2/h3-5,10,12,15-16H,6-9H2,1-2H3. The van der Waals surface area contributed by atoms with E-state index in [1.54, 1.807) is 0 Å². The maximum atomic E-state index is 5.45. The highest BCUT2D eigenvalue weighted by Crippen LogP contribution is 2.14. The van der Waals surface area contributed by atoms with Gasteiger partial charge < -0.3 is 15.4 Å².